The molecule has 130 valence electrons. The average molecular weight is 330 g/mol. The second-order valence-electron chi connectivity index (χ2n) is 6.95. The van der Waals surface area contributed by atoms with Gasteiger partial charge >= 0.3 is 0 Å². The van der Waals surface area contributed by atoms with Crippen LogP contribution in [0.15, 0.2) is 30.3 Å². The highest BCUT2D eigenvalue weighted by Crippen LogP contribution is 2.24. The lowest BCUT2D eigenvalue weighted by Gasteiger charge is -2.33. The number of carbonyl (C=O) groups excluding carboxylic acids is 2. The van der Waals surface area contributed by atoms with Gasteiger partial charge in [-0.15, -0.1) is 0 Å². The van der Waals surface area contributed by atoms with E-state index in [4.69, 9.17) is 0 Å². The van der Waals surface area contributed by atoms with Crippen molar-refractivity contribution in [3.05, 3.63) is 35.9 Å². The topological polar surface area (TPSA) is 60.9 Å². The van der Waals surface area contributed by atoms with Crippen LogP contribution in [0.3, 0.4) is 0 Å². The zero-order valence-electron chi connectivity index (χ0n) is 14.1. The summed E-state index contributed by atoms with van der Waals surface area (Å²) in [6.07, 6.45) is 3.07. The van der Waals surface area contributed by atoms with E-state index >= 15 is 0 Å². The molecule has 0 bridgehead atoms. The van der Waals surface area contributed by atoms with Crippen LogP contribution in [0.4, 0.5) is 0 Å². The Bertz CT molecular complexity index is 575. The number of likely N-dealkylation sites (tertiary alicyclic amines) is 2. The van der Waals surface area contributed by atoms with Gasteiger partial charge in [0.1, 0.15) is 0 Å². The van der Waals surface area contributed by atoms with Gasteiger partial charge in [-0.1, -0.05) is 30.3 Å². The van der Waals surface area contributed by atoms with Crippen molar-refractivity contribution in [1.29, 1.82) is 0 Å². The van der Waals surface area contributed by atoms with Crippen LogP contribution in [-0.4, -0.2) is 59.5 Å². The quantitative estimate of drug-likeness (QED) is 0.885. The number of aliphatic hydroxyl groups is 1. The van der Waals surface area contributed by atoms with E-state index in [1.807, 2.05) is 28.0 Å². The summed E-state index contributed by atoms with van der Waals surface area (Å²) in [6, 6.07) is 10.1. The summed E-state index contributed by atoms with van der Waals surface area (Å²) in [5.74, 6) is 0.142. The predicted molar refractivity (Wildman–Crippen MR) is 91.2 cm³/mol. The maximum Gasteiger partial charge on any atom is 0.228 e. The van der Waals surface area contributed by atoms with Gasteiger partial charge in [-0.25, -0.2) is 0 Å². The van der Waals surface area contributed by atoms with Crippen molar-refractivity contribution < 1.29 is 14.7 Å². The van der Waals surface area contributed by atoms with Crippen molar-refractivity contribution in [3.8, 4) is 0 Å². The second kappa shape index (κ2) is 7.79. The van der Waals surface area contributed by atoms with Crippen LogP contribution in [-0.2, 0) is 16.0 Å². The molecule has 2 saturated heterocycles. The van der Waals surface area contributed by atoms with E-state index in [0.29, 0.717) is 26.1 Å². The Morgan fingerprint density at radius 3 is 2.75 bits per heavy atom. The van der Waals surface area contributed by atoms with Gasteiger partial charge in [0.25, 0.3) is 0 Å². The average Bonchev–Trinajstić information content (AvgIpc) is 3.01. The molecule has 1 aromatic rings. The molecule has 3 rings (SSSR count). The minimum Gasteiger partial charge on any atom is -0.396 e. The highest BCUT2D eigenvalue weighted by Gasteiger charge is 2.37. The standard InChI is InChI=1S/C19H26N2O3/c22-14-16-7-4-9-21(12-16)19(24)17-11-18(23)20(13-17)10-8-15-5-2-1-3-6-15/h1-3,5-6,16-17,22H,4,7-14H2. The zero-order chi connectivity index (χ0) is 16.9. The minimum atomic E-state index is -0.217. The van der Waals surface area contributed by atoms with Crippen molar-refractivity contribution >= 4 is 11.8 Å². The molecule has 2 heterocycles. The first-order valence-corrected chi connectivity index (χ1v) is 8.88. The van der Waals surface area contributed by atoms with Crippen molar-refractivity contribution in [3.63, 3.8) is 0 Å². The Hall–Kier alpha value is -1.88. The van der Waals surface area contributed by atoms with Crippen LogP contribution in [0.25, 0.3) is 0 Å². The molecule has 2 aliphatic rings. The lowest BCUT2D eigenvalue weighted by atomic mass is 9.97. The van der Waals surface area contributed by atoms with Gasteiger partial charge < -0.3 is 14.9 Å². The Balaban J connectivity index is 1.53. The largest absolute Gasteiger partial charge is 0.396 e. The molecular weight excluding hydrogens is 304 g/mol. The summed E-state index contributed by atoms with van der Waals surface area (Å²) in [5.41, 5.74) is 1.21. The summed E-state index contributed by atoms with van der Waals surface area (Å²) < 4.78 is 0. The maximum absolute atomic E-state index is 12.7. The highest BCUT2D eigenvalue weighted by atomic mass is 16.3. The number of nitrogens with zero attached hydrogens (tertiary/aromatic N) is 2. The number of amides is 2. The Labute approximate surface area is 143 Å². The zero-order valence-corrected chi connectivity index (χ0v) is 14.1. The molecule has 2 amide bonds. The molecule has 2 unspecified atom stereocenters. The summed E-state index contributed by atoms with van der Waals surface area (Å²) in [7, 11) is 0. The molecule has 0 radical (unpaired) electrons. The third-order valence-corrected chi connectivity index (χ3v) is 5.17. The van der Waals surface area contributed by atoms with E-state index in [2.05, 4.69) is 12.1 Å². The fraction of sp³-hybridized carbons (Fsp3) is 0.579. The second-order valence-corrected chi connectivity index (χ2v) is 6.95. The summed E-state index contributed by atoms with van der Waals surface area (Å²) in [6.45, 7) is 2.72. The van der Waals surface area contributed by atoms with Crippen LogP contribution in [0.2, 0.25) is 0 Å². The van der Waals surface area contributed by atoms with Gasteiger partial charge in [0.15, 0.2) is 0 Å². The number of hydrogen-bond acceptors (Lipinski definition) is 3. The lowest BCUT2D eigenvalue weighted by molar-refractivity contribution is -0.137. The van der Waals surface area contributed by atoms with Crippen LogP contribution < -0.4 is 0 Å². The van der Waals surface area contributed by atoms with Gasteiger partial charge in [0, 0.05) is 39.2 Å². The fourth-order valence-electron chi connectivity index (χ4n) is 3.73. The number of carbonyl (C=O) groups is 2. The van der Waals surface area contributed by atoms with E-state index < -0.39 is 0 Å². The molecule has 24 heavy (non-hydrogen) atoms. The van der Waals surface area contributed by atoms with E-state index in [1.54, 1.807) is 0 Å². The fourth-order valence-corrected chi connectivity index (χ4v) is 3.73. The molecule has 2 fully saturated rings. The third-order valence-electron chi connectivity index (χ3n) is 5.17. The van der Waals surface area contributed by atoms with Crippen LogP contribution in [0.5, 0.6) is 0 Å². The van der Waals surface area contributed by atoms with Gasteiger partial charge in [0.2, 0.25) is 11.8 Å². The lowest BCUT2D eigenvalue weighted by Crippen LogP contribution is -2.44. The Kier molecular flexibility index (Phi) is 5.51. The number of aliphatic hydroxyl groups excluding tert-OH is 1. The van der Waals surface area contributed by atoms with Crippen LogP contribution in [0.1, 0.15) is 24.8 Å². The number of rotatable bonds is 5. The summed E-state index contributed by atoms with van der Waals surface area (Å²) in [5, 5.41) is 9.32. The SMILES string of the molecule is O=C1CC(C(=O)N2CCCC(CO)C2)CN1CCc1ccccc1. The van der Waals surface area contributed by atoms with E-state index in [-0.39, 0.29) is 30.3 Å². The van der Waals surface area contributed by atoms with Crippen molar-refractivity contribution in [2.24, 2.45) is 11.8 Å². The van der Waals surface area contributed by atoms with E-state index in [1.165, 1.54) is 5.56 Å². The van der Waals surface area contributed by atoms with Crippen molar-refractivity contribution in [1.82, 2.24) is 9.80 Å². The van der Waals surface area contributed by atoms with Crippen molar-refractivity contribution in [2.75, 3.05) is 32.8 Å². The first kappa shape index (κ1) is 17.0. The highest BCUT2D eigenvalue weighted by molar-refractivity contribution is 5.89. The van der Waals surface area contributed by atoms with Gasteiger partial charge in [-0.3, -0.25) is 9.59 Å². The molecule has 0 aliphatic carbocycles. The minimum absolute atomic E-state index is 0.0833. The number of benzene rings is 1. The monoisotopic (exact) mass is 330 g/mol. The molecule has 2 aliphatic heterocycles. The van der Waals surface area contributed by atoms with Gasteiger partial charge in [-0.05, 0) is 30.7 Å². The molecule has 0 saturated carbocycles. The van der Waals surface area contributed by atoms with Gasteiger partial charge in [0.05, 0.1) is 5.92 Å². The predicted octanol–water partition coefficient (Wildman–Crippen LogP) is 1.31. The first-order valence-electron chi connectivity index (χ1n) is 8.88. The molecule has 1 aromatic carbocycles. The normalized spacial score (nSPS) is 24.5. The molecule has 0 spiro atoms. The molecule has 0 aromatic heterocycles. The summed E-state index contributed by atoms with van der Waals surface area (Å²) in [4.78, 5) is 28.6. The molecule has 5 nitrogen and oxygen atoms in total. The van der Waals surface area contributed by atoms with Crippen LogP contribution >= 0.6 is 0 Å². The summed E-state index contributed by atoms with van der Waals surface area (Å²) >= 11 is 0. The maximum atomic E-state index is 12.7. The van der Waals surface area contributed by atoms with Gasteiger partial charge in [-0.2, -0.15) is 0 Å². The molecule has 2 atom stereocenters. The van der Waals surface area contributed by atoms with E-state index in [9.17, 15) is 14.7 Å². The Morgan fingerprint density at radius 1 is 1.21 bits per heavy atom. The molecular formula is C19H26N2O3. The van der Waals surface area contributed by atoms with Crippen molar-refractivity contribution in [2.45, 2.75) is 25.7 Å². The molecule has 5 heteroatoms. The smallest absolute Gasteiger partial charge is 0.228 e. The molecule has 1 N–H and O–H groups in total. The van der Waals surface area contributed by atoms with Crippen LogP contribution in [0, 0.1) is 11.8 Å². The number of hydrogen-bond donors (Lipinski definition) is 1. The van der Waals surface area contributed by atoms with E-state index in [0.717, 1.165) is 25.8 Å². The Morgan fingerprint density at radius 2 is 2.00 bits per heavy atom. The third kappa shape index (κ3) is 3.96. The first-order chi connectivity index (χ1) is 11.7. The number of piperidine rings is 1.